The van der Waals surface area contributed by atoms with Gasteiger partial charge in [0, 0.05) is 43.2 Å². The van der Waals surface area contributed by atoms with Crippen molar-refractivity contribution < 1.29 is 62.5 Å². The summed E-state index contributed by atoms with van der Waals surface area (Å²) in [6, 6.07) is -0.306. The van der Waals surface area contributed by atoms with Crippen LogP contribution in [0.25, 0.3) is 0 Å². The fourth-order valence-electron chi connectivity index (χ4n) is 10.0. The van der Waals surface area contributed by atoms with Crippen molar-refractivity contribution in [2.24, 2.45) is 29.6 Å². The Kier molecular flexibility index (Phi) is 15.6. The van der Waals surface area contributed by atoms with Crippen LogP contribution in [0, 0.1) is 29.6 Å². The summed E-state index contributed by atoms with van der Waals surface area (Å²) in [5.74, 6) is -3.98. The number of fused-ring (bicyclic) bond motifs is 1. The van der Waals surface area contributed by atoms with Crippen LogP contribution in [0.5, 0.6) is 0 Å². The molecule has 4 aliphatic heterocycles. The number of likely N-dealkylation sites (N-methyl/N-ethyl adjacent to an activating group) is 1. The van der Waals surface area contributed by atoms with E-state index in [0.29, 0.717) is 19.1 Å². The van der Waals surface area contributed by atoms with Crippen molar-refractivity contribution in [1.82, 2.24) is 4.90 Å². The van der Waals surface area contributed by atoms with E-state index >= 15 is 0 Å². The fraction of sp³-hybridized carbons (Fsp3) is 0.881. The molecule has 0 saturated carbocycles. The SMILES string of the molecule is C=C1CO[C@]2(C)[C@@H](CC)OC(=O)[C@H](C)[C@@H](O[C@H]3C[C@@](C)(OC)C(O)[C@H](C)O3)[C@H](C)[C@@H](O[C@@H]3O[C@H](C)C[C@H](N(C)C)[C@H]3O)[C@](C)(OCC=O)CC(C)C(=O)C(C)[C@H]12. The van der Waals surface area contributed by atoms with Gasteiger partial charge in [0.1, 0.15) is 42.6 Å². The quantitative estimate of drug-likeness (QED) is 0.186. The molecule has 14 heteroatoms. The lowest BCUT2D eigenvalue weighted by atomic mass is 9.69. The standard InChI is InChI=1S/C42H71NO13/c1-15-30-42(11)32(23(3)21-51-42)25(5)33(45)22(2)19-41(10,50-17-16-44)37(56-39-34(46)29(43(12)13)18-24(4)52-39)26(6)35(27(7)38(48)54-30)55-31-20-40(9,49-14)36(47)28(8)53-31/h16,22,24-32,34-37,39,46-47H,3,15,17-21H2,1-2,4-14H3/t22?,24-,25?,26+,27-,28+,29+,30-,31+,32+,34-,35+,36?,37-,39+,40-,41-,42-/m1/s1. The monoisotopic (exact) mass is 797 g/mol. The number of nitrogens with zero attached hydrogens (tertiary/aromatic N) is 1. The molecule has 0 amide bonds. The van der Waals surface area contributed by atoms with E-state index in [-0.39, 0.29) is 44.0 Å². The van der Waals surface area contributed by atoms with Crippen LogP contribution in [-0.4, -0.2) is 146 Å². The van der Waals surface area contributed by atoms with Gasteiger partial charge in [-0.05, 0) is 80.5 Å². The normalized spacial score (nSPS) is 47.3. The molecule has 0 spiro atoms. The van der Waals surface area contributed by atoms with Crippen molar-refractivity contribution in [2.45, 2.75) is 173 Å². The molecular weight excluding hydrogens is 726 g/mol. The molecule has 14 nitrogen and oxygen atoms in total. The molecule has 0 aromatic heterocycles. The van der Waals surface area contributed by atoms with Crippen LogP contribution in [0.1, 0.15) is 94.9 Å². The second-order valence-electron chi connectivity index (χ2n) is 17.8. The highest BCUT2D eigenvalue weighted by atomic mass is 16.7. The molecule has 2 N–H and O–H groups in total. The summed E-state index contributed by atoms with van der Waals surface area (Å²) in [7, 11) is 5.27. The van der Waals surface area contributed by atoms with Gasteiger partial charge in [-0.1, -0.05) is 34.3 Å². The summed E-state index contributed by atoms with van der Waals surface area (Å²) in [5, 5.41) is 22.7. The van der Waals surface area contributed by atoms with Crippen molar-refractivity contribution in [3.05, 3.63) is 12.2 Å². The molecule has 322 valence electrons. The van der Waals surface area contributed by atoms with Gasteiger partial charge >= 0.3 is 5.97 Å². The lowest BCUT2D eigenvalue weighted by Crippen LogP contribution is -2.61. The van der Waals surface area contributed by atoms with E-state index in [9.17, 15) is 24.6 Å². The number of aliphatic hydroxyl groups is 2. The Morgan fingerprint density at radius 2 is 1.62 bits per heavy atom. The third-order valence-corrected chi connectivity index (χ3v) is 13.3. The number of carbonyl (C=O) groups is 3. The summed E-state index contributed by atoms with van der Waals surface area (Å²) in [4.78, 5) is 43.1. The molecule has 4 saturated heterocycles. The molecule has 4 fully saturated rings. The number of Topliss-reactive ketones (excluding diaryl/α,β-unsaturated/α-hetero) is 1. The van der Waals surface area contributed by atoms with Crippen LogP contribution < -0.4 is 0 Å². The molecule has 56 heavy (non-hydrogen) atoms. The molecule has 0 radical (unpaired) electrons. The predicted octanol–water partition coefficient (Wildman–Crippen LogP) is 3.86. The molecule has 0 aromatic rings. The second kappa shape index (κ2) is 18.6. The second-order valence-corrected chi connectivity index (χ2v) is 17.8. The Balaban J connectivity index is 1.91. The van der Waals surface area contributed by atoms with Crippen LogP contribution >= 0.6 is 0 Å². The van der Waals surface area contributed by atoms with E-state index in [1.165, 1.54) is 7.11 Å². The third kappa shape index (κ3) is 9.45. The van der Waals surface area contributed by atoms with E-state index in [0.717, 1.165) is 5.57 Å². The first kappa shape index (κ1) is 46.8. The largest absolute Gasteiger partial charge is 0.459 e. The van der Waals surface area contributed by atoms with Crippen molar-refractivity contribution in [3.8, 4) is 0 Å². The highest BCUT2D eigenvalue weighted by Crippen LogP contribution is 2.47. The lowest BCUT2D eigenvalue weighted by Gasteiger charge is -2.50. The Morgan fingerprint density at radius 3 is 2.21 bits per heavy atom. The van der Waals surface area contributed by atoms with Gasteiger partial charge in [-0.3, -0.25) is 9.59 Å². The number of methoxy groups -OCH3 is 1. The van der Waals surface area contributed by atoms with E-state index in [2.05, 4.69) is 6.58 Å². The van der Waals surface area contributed by atoms with Crippen molar-refractivity contribution in [1.29, 1.82) is 0 Å². The zero-order valence-corrected chi connectivity index (χ0v) is 36.0. The third-order valence-electron chi connectivity index (χ3n) is 13.3. The summed E-state index contributed by atoms with van der Waals surface area (Å²) in [6.45, 7) is 22.4. The molecular formula is C42H71NO13. The molecule has 3 unspecified atom stereocenters. The van der Waals surface area contributed by atoms with E-state index in [1.807, 2.05) is 60.5 Å². The number of aliphatic hydroxyl groups excluding tert-OH is 2. The first-order valence-corrected chi connectivity index (χ1v) is 20.4. The number of carbonyl (C=O) groups excluding carboxylic acids is 3. The number of aldehydes is 1. The van der Waals surface area contributed by atoms with Crippen LogP contribution in [0.3, 0.4) is 0 Å². The average Bonchev–Trinajstić information content (AvgIpc) is 3.46. The van der Waals surface area contributed by atoms with Crippen LogP contribution in [0.15, 0.2) is 12.2 Å². The number of hydrogen-bond donors (Lipinski definition) is 2. The van der Waals surface area contributed by atoms with Gasteiger partial charge in [-0.2, -0.15) is 0 Å². The zero-order chi connectivity index (χ0) is 42.1. The smallest absolute Gasteiger partial charge is 0.311 e. The molecule has 4 rings (SSSR count). The number of ketones is 1. The first-order valence-electron chi connectivity index (χ1n) is 20.4. The topological polar surface area (TPSA) is 169 Å². The van der Waals surface area contributed by atoms with Crippen molar-refractivity contribution in [2.75, 3.05) is 34.4 Å². The summed E-state index contributed by atoms with van der Waals surface area (Å²) < 4.78 is 51.3. The van der Waals surface area contributed by atoms with Gasteiger partial charge in [0.15, 0.2) is 12.6 Å². The van der Waals surface area contributed by atoms with Gasteiger partial charge in [0.05, 0.1) is 48.1 Å². The maximum absolute atomic E-state index is 14.6. The summed E-state index contributed by atoms with van der Waals surface area (Å²) in [6.07, 6.45) is -6.01. The maximum atomic E-state index is 14.6. The van der Waals surface area contributed by atoms with Gasteiger partial charge in [0.25, 0.3) is 0 Å². The molecule has 18 atom stereocenters. The maximum Gasteiger partial charge on any atom is 0.311 e. The summed E-state index contributed by atoms with van der Waals surface area (Å²) in [5.41, 5.74) is -2.71. The lowest BCUT2D eigenvalue weighted by molar-refractivity contribution is -0.320. The number of rotatable bonds is 10. The van der Waals surface area contributed by atoms with Gasteiger partial charge in [-0.15, -0.1) is 0 Å². The van der Waals surface area contributed by atoms with Gasteiger partial charge in [-0.25, -0.2) is 0 Å². The Labute approximate surface area is 334 Å². The van der Waals surface area contributed by atoms with E-state index in [4.69, 9.17) is 37.9 Å². The number of ether oxygens (including phenoxy) is 8. The van der Waals surface area contributed by atoms with Crippen LogP contribution in [0.2, 0.25) is 0 Å². The molecule has 0 aromatic carbocycles. The van der Waals surface area contributed by atoms with E-state index in [1.54, 1.807) is 27.7 Å². The van der Waals surface area contributed by atoms with Crippen molar-refractivity contribution in [3.63, 3.8) is 0 Å². The minimum absolute atomic E-state index is 0.0724. The predicted molar refractivity (Wildman–Crippen MR) is 206 cm³/mol. The first-order chi connectivity index (χ1) is 26.1. The molecule has 4 aliphatic rings. The number of esters is 1. The highest BCUT2D eigenvalue weighted by Gasteiger charge is 2.56. The summed E-state index contributed by atoms with van der Waals surface area (Å²) >= 11 is 0. The van der Waals surface area contributed by atoms with Crippen LogP contribution in [-0.2, 0) is 52.3 Å². The van der Waals surface area contributed by atoms with Gasteiger partial charge in [0.2, 0.25) is 0 Å². The minimum atomic E-state index is -1.38. The van der Waals surface area contributed by atoms with Crippen molar-refractivity contribution >= 4 is 18.0 Å². The van der Waals surface area contributed by atoms with Gasteiger partial charge < -0.3 is 57.8 Å². The highest BCUT2D eigenvalue weighted by molar-refractivity contribution is 5.84. The molecule has 0 aliphatic carbocycles. The van der Waals surface area contributed by atoms with Crippen LogP contribution in [0.4, 0.5) is 0 Å². The Hall–Kier alpha value is -1.85. The molecule has 4 heterocycles. The number of hydrogen-bond acceptors (Lipinski definition) is 14. The zero-order valence-electron chi connectivity index (χ0n) is 36.0. The fourth-order valence-corrected chi connectivity index (χ4v) is 10.0. The number of cyclic esters (lactones) is 1. The Morgan fingerprint density at radius 1 is 0.964 bits per heavy atom. The molecule has 0 bridgehead atoms. The minimum Gasteiger partial charge on any atom is -0.459 e. The van der Waals surface area contributed by atoms with E-state index < -0.39 is 102 Å². The Bertz CT molecular complexity index is 1380. The average molecular weight is 798 g/mol.